The van der Waals surface area contributed by atoms with Gasteiger partial charge in [0.2, 0.25) is 0 Å². The standard InChI is InChI=1S/C29H18BrNO/c30-26-7-3-1-5-23(26)19-9-11-20(12-10-19)27-17-22(15-16-31-27)21-13-14-25-24-6-2-4-8-28(24)32-29(25)18-21/h1-18H. The van der Waals surface area contributed by atoms with Gasteiger partial charge in [-0.1, -0.05) is 82.7 Å². The Morgan fingerprint density at radius 3 is 2.12 bits per heavy atom. The minimum Gasteiger partial charge on any atom is -0.456 e. The van der Waals surface area contributed by atoms with Crippen molar-refractivity contribution in [1.29, 1.82) is 0 Å². The average molecular weight is 476 g/mol. The van der Waals surface area contributed by atoms with Crippen LogP contribution >= 0.6 is 15.9 Å². The van der Waals surface area contributed by atoms with E-state index in [1.54, 1.807) is 0 Å². The number of para-hydroxylation sites is 1. The van der Waals surface area contributed by atoms with Crippen LogP contribution in [0.4, 0.5) is 0 Å². The first-order valence-electron chi connectivity index (χ1n) is 10.5. The third-order valence-corrected chi connectivity index (χ3v) is 6.53. The smallest absolute Gasteiger partial charge is 0.136 e. The Morgan fingerprint density at radius 1 is 0.562 bits per heavy atom. The highest BCUT2D eigenvalue weighted by atomic mass is 79.9. The highest BCUT2D eigenvalue weighted by Gasteiger charge is 2.09. The Labute approximate surface area is 194 Å². The number of hydrogen-bond donors (Lipinski definition) is 0. The van der Waals surface area contributed by atoms with Crippen LogP contribution in [0.5, 0.6) is 0 Å². The third-order valence-electron chi connectivity index (χ3n) is 5.84. The fourth-order valence-corrected chi connectivity index (χ4v) is 4.70. The van der Waals surface area contributed by atoms with Gasteiger partial charge in [-0.3, -0.25) is 4.98 Å². The molecule has 0 unspecified atom stereocenters. The molecule has 2 nitrogen and oxygen atoms in total. The number of hydrogen-bond acceptors (Lipinski definition) is 2. The third kappa shape index (κ3) is 3.31. The summed E-state index contributed by atoms with van der Waals surface area (Å²) in [7, 11) is 0. The van der Waals surface area contributed by atoms with Gasteiger partial charge in [0.25, 0.3) is 0 Å². The minimum absolute atomic E-state index is 0.903. The maximum atomic E-state index is 6.07. The van der Waals surface area contributed by atoms with Crippen LogP contribution < -0.4 is 0 Å². The number of fused-ring (bicyclic) bond motifs is 3. The van der Waals surface area contributed by atoms with Crippen molar-refractivity contribution in [1.82, 2.24) is 4.98 Å². The molecule has 2 aromatic heterocycles. The topological polar surface area (TPSA) is 26.0 Å². The van der Waals surface area contributed by atoms with Crippen LogP contribution in [-0.2, 0) is 0 Å². The fourth-order valence-electron chi connectivity index (χ4n) is 4.19. The maximum absolute atomic E-state index is 6.07. The second-order valence-electron chi connectivity index (χ2n) is 7.80. The van der Waals surface area contributed by atoms with Crippen LogP contribution in [0.25, 0.3) is 55.4 Å². The first-order chi connectivity index (χ1) is 15.8. The predicted molar refractivity (Wildman–Crippen MR) is 136 cm³/mol. The summed E-state index contributed by atoms with van der Waals surface area (Å²) in [4.78, 5) is 4.62. The molecule has 0 radical (unpaired) electrons. The number of nitrogens with zero attached hydrogens (tertiary/aromatic N) is 1. The molecule has 0 N–H and O–H groups in total. The summed E-state index contributed by atoms with van der Waals surface area (Å²) in [6.07, 6.45) is 1.87. The Morgan fingerprint density at radius 2 is 1.25 bits per heavy atom. The van der Waals surface area contributed by atoms with Crippen molar-refractivity contribution >= 4 is 37.9 Å². The molecule has 0 fully saturated rings. The second kappa shape index (κ2) is 7.77. The van der Waals surface area contributed by atoms with Gasteiger partial charge in [-0.05, 0) is 58.7 Å². The SMILES string of the molecule is Brc1ccccc1-c1ccc(-c2cc(-c3ccc4c(c3)oc3ccccc34)ccn2)cc1. The highest BCUT2D eigenvalue weighted by Crippen LogP contribution is 2.34. The summed E-state index contributed by atoms with van der Waals surface area (Å²) < 4.78 is 7.17. The maximum Gasteiger partial charge on any atom is 0.136 e. The quantitative estimate of drug-likeness (QED) is 0.255. The van der Waals surface area contributed by atoms with Crippen LogP contribution in [0, 0.1) is 0 Å². The average Bonchev–Trinajstić information content (AvgIpc) is 3.22. The summed E-state index contributed by atoms with van der Waals surface area (Å²) in [6.45, 7) is 0. The molecule has 0 saturated carbocycles. The molecule has 0 bridgehead atoms. The highest BCUT2D eigenvalue weighted by molar-refractivity contribution is 9.10. The van der Waals surface area contributed by atoms with E-state index in [4.69, 9.17) is 4.42 Å². The van der Waals surface area contributed by atoms with Gasteiger partial charge in [-0.2, -0.15) is 0 Å². The molecule has 6 rings (SSSR count). The zero-order valence-corrected chi connectivity index (χ0v) is 18.7. The Balaban J connectivity index is 1.37. The van der Waals surface area contributed by atoms with Crippen molar-refractivity contribution in [3.8, 4) is 33.5 Å². The van der Waals surface area contributed by atoms with Crippen LogP contribution in [0.15, 0.2) is 118 Å². The molecule has 152 valence electrons. The van der Waals surface area contributed by atoms with E-state index in [-0.39, 0.29) is 0 Å². The first kappa shape index (κ1) is 19.0. The molecule has 0 saturated heterocycles. The van der Waals surface area contributed by atoms with E-state index in [2.05, 4.69) is 93.7 Å². The van der Waals surface area contributed by atoms with Crippen LogP contribution in [0.1, 0.15) is 0 Å². The molecule has 3 heteroatoms. The van der Waals surface area contributed by atoms with E-state index in [0.717, 1.165) is 48.8 Å². The number of halogens is 1. The zero-order valence-electron chi connectivity index (χ0n) is 17.1. The van der Waals surface area contributed by atoms with E-state index in [1.807, 2.05) is 36.5 Å². The number of benzene rings is 4. The lowest BCUT2D eigenvalue weighted by atomic mass is 10.00. The summed E-state index contributed by atoms with van der Waals surface area (Å²) in [6, 6.07) is 35.6. The fraction of sp³-hybridized carbons (Fsp3) is 0. The predicted octanol–water partition coefficient (Wildman–Crippen LogP) is 8.74. The molecule has 0 aliphatic heterocycles. The van der Waals surface area contributed by atoms with Gasteiger partial charge >= 0.3 is 0 Å². The van der Waals surface area contributed by atoms with Gasteiger partial charge in [0.15, 0.2) is 0 Å². The molecule has 6 aromatic rings. The Kier molecular flexibility index (Phi) is 4.62. The molecule has 32 heavy (non-hydrogen) atoms. The minimum atomic E-state index is 0.903. The van der Waals surface area contributed by atoms with E-state index >= 15 is 0 Å². The van der Waals surface area contributed by atoms with Crippen LogP contribution in [0.3, 0.4) is 0 Å². The Bertz CT molecular complexity index is 1580. The van der Waals surface area contributed by atoms with Crippen molar-refractivity contribution in [3.63, 3.8) is 0 Å². The summed E-state index contributed by atoms with van der Waals surface area (Å²) in [5.41, 5.74) is 8.45. The van der Waals surface area contributed by atoms with E-state index in [9.17, 15) is 0 Å². The first-order valence-corrected chi connectivity index (χ1v) is 11.3. The summed E-state index contributed by atoms with van der Waals surface area (Å²) in [5.74, 6) is 0. The lowest BCUT2D eigenvalue weighted by Gasteiger charge is -2.08. The molecular formula is C29H18BrNO. The van der Waals surface area contributed by atoms with Gasteiger partial charge in [0.05, 0.1) is 5.69 Å². The lowest BCUT2D eigenvalue weighted by molar-refractivity contribution is 0.669. The van der Waals surface area contributed by atoms with Gasteiger partial charge in [-0.25, -0.2) is 0 Å². The summed E-state index contributed by atoms with van der Waals surface area (Å²) in [5, 5.41) is 2.29. The van der Waals surface area contributed by atoms with Crippen molar-refractivity contribution in [2.24, 2.45) is 0 Å². The van der Waals surface area contributed by atoms with Crippen LogP contribution in [-0.4, -0.2) is 4.98 Å². The lowest BCUT2D eigenvalue weighted by Crippen LogP contribution is -1.86. The number of aromatic nitrogens is 1. The van der Waals surface area contributed by atoms with Gasteiger partial charge in [-0.15, -0.1) is 0 Å². The van der Waals surface area contributed by atoms with E-state index in [0.29, 0.717) is 0 Å². The van der Waals surface area contributed by atoms with Crippen LogP contribution in [0.2, 0.25) is 0 Å². The van der Waals surface area contributed by atoms with Gasteiger partial charge < -0.3 is 4.42 Å². The summed E-state index contributed by atoms with van der Waals surface area (Å²) >= 11 is 3.64. The molecule has 0 aliphatic rings. The molecule has 4 aromatic carbocycles. The molecular weight excluding hydrogens is 458 g/mol. The molecule has 0 atom stereocenters. The van der Waals surface area contributed by atoms with Crippen molar-refractivity contribution in [2.45, 2.75) is 0 Å². The van der Waals surface area contributed by atoms with Gasteiger partial charge in [0, 0.05) is 27.0 Å². The van der Waals surface area contributed by atoms with E-state index < -0.39 is 0 Å². The normalized spacial score (nSPS) is 11.3. The molecule has 0 amide bonds. The Hall–Kier alpha value is -3.69. The second-order valence-corrected chi connectivity index (χ2v) is 8.65. The van der Waals surface area contributed by atoms with Crippen molar-refractivity contribution in [2.75, 3.05) is 0 Å². The molecule has 2 heterocycles. The van der Waals surface area contributed by atoms with E-state index in [1.165, 1.54) is 11.1 Å². The van der Waals surface area contributed by atoms with Crippen molar-refractivity contribution < 1.29 is 4.42 Å². The van der Waals surface area contributed by atoms with Gasteiger partial charge in [0.1, 0.15) is 11.2 Å². The zero-order chi connectivity index (χ0) is 21.5. The monoisotopic (exact) mass is 475 g/mol. The van der Waals surface area contributed by atoms with Crippen molar-refractivity contribution in [3.05, 3.63) is 114 Å². The number of pyridine rings is 1. The number of furan rings is 1. The molecule has 0 spiro atoms. The molecule has 0 aliphatic carbocycles. The number of rotatable bonds is 3. The largest absolute Gasteiger partial charge is 0.456 e.